The predicted octanol–water partition coefficient (Wildman–Crippen LogP) is 4.02. The van der Waals surface area contributed by atoms with Crippen LogP contribution < -0.4 is 9.64 Å². The van der Waals surface area contributed by atoms with Gasteiger partial charge in [0.15, 0.2) is 5.16 Å². The van der Waals surface area contributed by atoms with Crippen LogP contribution in [0.15, 0.2) is 47.6 Å². The number of amides is 1. The summed E-state index contributed by atoms with van der Waals surface area (Å²) in [6.45, 7) is 0.745. The molecule has 1 amide bonds. The van der Waals surface area contributed by atoms with E-state index in [0.29, 0.717) is 5.75 Å². The maximum absolute atomic E-state index is 13.0. The van der Waals surface area contributed by atoms with Gasteiger partial charge in [-0.15, -0.1) is 10.2 Å². The summed E-state index contributed by atoms with van der Waals surface area (Å²) in [5, 5.41) is 9.32. The van der Waals surface area contributed by atoms with Gasteiger partial charge in [-0.05, 0) is 48.7 Å². The molecule has 1 aliphatic rings. The molecule has 2 aromatic heterocycles. The Labute approximate surface area is 170 Å². The van der Waals surface area contributed by atoms with Gasteiger partial charge in [-0.2, -0.15) is 0 Å². The van der Waals surface area contributed by atoms with Gasteiger partial charge in [-0.3, -0.25) is 9.20 Å². The molecular weight excluding hydrogens is 392 g/mol. The third kappa shape index (κ3) is 2.93. The predicted molar refractivity (Wildman–Crippen MR) is 113 cm³/mol. The van der Waals surface area contributed by atoms with Gasteiger partial charge in [0, 0.05) is 12.2 Å². The van der Waals surface area contributed by atoms with Crippen LogP contribution in [0.3, 0.4) is 0 Å². The highest BCUT2D eigenvalue weighted by atomic mass is 32.2. The van der Waals surface area contributed by atoms with Crippen molar-refractivity contribution >= 4 is 49.9 Å². The van der Waals surface area contributed by atoms with E-state index in [9.17, 15) is 4.79 Å². The Morgan fingerprint density at radius 1 is 1.25 bits per heavy atom. The number of aryl methyl sites for hydroxylation is 1. The first-order valence-corrected chi connectivity index (χ1v) is 10.9. The molecule has 0 spiro atoms. The Morgan fingerprint density at radius 3 is 3.04 bits per heavy atom. The first kappa shape index (κ1) is 17.5. The van der Waals surface area contributed by atoms with Crippen molar-refractivity contribution < 1.29 is 9.53 Å². The summed E-state index contributed by atoms with van der Waals surface area (Å²) in [7, 11) is 1.66. The van der Waals surface area contributed by atoms with Gasteiger partial charge in [0.2, 0.25) is 10.9 Å². The molecule has 0 saturated heterocycles. The number of thioether (sulfide) groups is 1. The molecule has 6 nitrogen and oxygen atoms in total. The van der Waals surface area contributed by atoms with Gasteiger partial charge in [-0.25, -0.2) is 0 Å². The highest BCUT2D eigenvalue weighted by Gasteiger charge is 2.24. The number of anilines is 1. The summed E-state index contributed by atoms with van der Waals surface area (Å²) < 4.78 is 8.52. The zero-order valence-corrected chi connectivity index (χ0v) is 16.9. The summed E-state index contributed by atoms with van der Waals surface area (Å²) >= 11 is 3.05. The van der Waals surface area contributed by atoms with Gasteiger partial charge in [-0.1, -0.05) is 35.2 Å². The zero-order chi connectivity index (χ0) is 19.1. The number of rotatable bonds is 4. The van der Waals surface area contributed by atoms with Crippen molar-refractivity contribution in [1.82, 2.24) is 14.6 Å². The Balaban J connectivity index is 1.38. The highest BCUT2D eigenvalue weighted by molar-refractivity contribution is 7.99. The molecule has 0 N–H and O–H groups in total. The Hall–Kier alpha value is -2.58. The Kier molecular flexibility index (Phi) is 4.44. The molecule has 3 heterocycles. The molecule has 0 saturated carbocycles. The average Bonchev–Trinajstić information content (AvgIpc) is 3.30. The van der Waals surface area contributed by atoms with E-state index in [1.165, 1.54) is 16.5 Å². The summed E-state index contributed by atoms with van der Waals surface area (Å²) in [4.78, 5) is 15.7. The SMILES string of the molecule is COc1ccc2c(c1)CCCN2C(=O)CSc1nnc2sc3ccccc3n12. The summed E-state index contributed by atoms with van der Waals surface area (Å²) in [6.07, 6.45) is 1.93. The molecule has 8 heteroatoms. The molecule has 2 aromatic carbocycles. The number of para-hydroxylation sites is 1. The number of hydrogen-bond acceptors (Lipinski definition) is 6. The van der Waals surface area contributed by atoms with E-state index >= 15 is 0 Å². The summed E-state index contributed by atoms with van der Waals surface area (Å²) in [5.74, 6) is 1.25. The van der Waals surface area contributed by atoms with Gasteiger partial charge in [0.1, 0.15) is 5.75 Å². The second kappa shape index (κ2) is 7.10. The van der Waals surface area contributed by atoms with Gasteiger partial charge in [0.25, 0.3) is 0 Å². The van der Waals surface area contributed by atoms with Gasteiger partial charge >= 0.3 is 0 Å². The second-order valence-corrected chi connectivity index (χ2v) is 8.55. The van der Waals surface area contributed by atoms with Crippen LogP contribution in [0.2, 0.25) is 0 Å². The van der Waals surface area contributed by atoms with E-state index in [2.05, 4.69) is 22.3 Å². The minimum absolute atomic E-state index is 0.0902. The topological polar surface area (TPSA) is 59.7 Å². The number of ether oxygens (including phenoxy) is 1. The number of methoxy groups -OCH3 is 1. The van der Waals surface area contributed by atoms with Crippen LogP contribution in [-0.4, -0.2) is 39.9 Å². The summed E-state index contributed by atoms with van der Waals surface area (Å²) in [5.41, 5.74) is 3.24. The quantitative estimate of drug-likeness (QED) is 0.476. The fourth-order valence-corrected chi connectivity index (χ4v) is 5.46. The lowest BCUT2D eigenvalue weighted by molar-refractivity contribution is -0.116. The van der Waals surface area contributed by atoms with Crippen LogP contribution >= 0.6 is 23.1 Å². The third-order valence-electron chi connectivity index (χ3n) is 4.94. The minimum Gasteiger partial charge on any atom is -0.497 e. The number of fused-ring (bicyclic) bond motifs is 4. The first-order chi connectivity index (χ1) is 13.7. The second-order valence-electron chi connectivity index (χ2n) is 6.60. The van der Waals surface area contributed by atoms with Crippen molar-refractivity contribution in [2.24, 2.45) is 0 Å². The van der Waals surface area contributed by atoms with E-state index in [1.807, 2.05) is 39.6 Å². The normalized spacial score (nSPS) is 13.8. The number of thiazole rings is 1. The average molecular weight is 411 g/mol. The van der Waals surface area contributed by atoms with Crippen LogP contribution in [0, 0.1) is 0 Å². The van der Waals surface area contributed by atoms with Crippen molar-refractivity contribution in [3.05, 3.63) is 48.0 Å². The molecule has 0 unspecified atom stereocenters. The molecule has 0 radical (unpaired) electrons. The number of hydrogen-bond donors (Lipinski definition) is 0. The molecular formula is C20H18N4O2S2. The molecule has 28 heavy (non-hydrogen) atoms. The molecule has 1 aliphatic heterocycles. The van der Waals surface area contributed by atoms with Crippen molar-refractivity contribution in [3.63, 3.8) is 0 Å². The molecule has 0 bridgehead atoms. The van der Waals surface area contributed by atoms with Crippen LogP contribution in [0.1, 0.15) is 12.0 Å². The largest absolute Gasteiger partial charge is 0.497 e. The molecule has 5 rings (SSSR count). The lowest BCUT2D eigenvalue weighted by Gasteiger charge is -2.29. The van der Waals surface area contributed by atoms with E-state index in [1.54, 1.807) is 18.4 Å². The smallest absolute Gasteiger partial charge is 0.237 e. The van der Waals surface area contributed by atoms with Crippen LogP contribution in [-0.2, 0) is 11.2 Å². The van der Waals surface area contributed by atoms with Crippen molar-refractivity contribution in [1.29, 1.82) is 0 Å². The Morgan fingerprint density at radius 2 is 2.14 bits per heavy atom. The number of carbonyl (C=O) groups excluding carboxylic acids is 1. The monoisotopic (exact) mass is 410 g/mol. The zero-order valence-electron chi connectivity index (χ0n) is 15.3. The maximum Gasteiger partial charge on any atom is 0.237 e. The van der Waals surface area contributed by atoms with Crippen molar-refractivity contribution in [3.8, 4) is 5.75 Å². The van der Waals surface area contributed by atoms with Crippen molar-refractivity contribution in [2.45, 2.75) is 18.0 Å². The van der Waals surface area contributed by atoms with E-state index in [-0.39, 0.29) is 5.91 Å². The van der Waals surface area contributed by atoms with Crippen LogP contribution in [0.25, 0.3) is 15.2 Å². The molecule has 0 aliphatic carbocycles. The van der Waals surface area contributed by atoms with E-state index < -0.39 is 0 Å². The minimum atomic E-state index is 0.0902. The fraction of sp³-hybridized carbons (Fsp3) is 0.250. The lowest BCUT2D eigenvalue weighted by Crippen LogP contribution is -2.36. The van der Waals surface area contributed by atoms with E-state index in [4.69, 9.17) is 4.74 Å². The van der Waals surface area contributed by atoms with Gasteiger partial charge < -0.3 is 9.64 Å². The summed E-state index contributed by atoms with van der Waals surface area (Å²) in [6, 6.07) is 14.1. The third-order valence-corrected chi connectivity index (χ3v) is 6.87. The Bertz CT molecular complexity index is 1180. The molecule has 4 aromatic rings. The number of aromatic nitrogens is 3. The molecule has 0 fully saturated rings. The van der Waals surface area contributed by atoms with E-state index in [0.717, 1.165) is 52.0 Å². The van der Waals surface area contributed by atoms with Gasteiger partial charge in [0.05, 0.1) is 23.1 Å². The number of benzene rings is 2. The van der Waals surface area contributed by atoms with Crippen LogP contribution in [0.4, 0.5) is 5.69 Å². The lowest BCUT2D eigenvalue weighted by atomic mass is 10.0. The standard InChI is InChI=1S/C20H18N4O2S2/c1-26-14-8-9-15-13(11-14)5-4-10-23(15)18(25)12-27-19-21-22-20-24(19)16-6-2-3-7-17(16)28-20/h2-3,6-9,11H,4-5,10,12H2,1H3. The number of nitrogens with zero attached hydrogens (tertiary/aromatic N) is 4. The first-order valence-electron chi connectivity index (χ1n) is 9.07. The molecule has 0 atom stereocenters. The fourth-order valence-electron chi connectivity index (χ4n) is 3.61. The number of carbonyl (C=O) groups is 1. The maximum atomic E-state index is 13.0. The van der Waals surface area contributed by atoms with Crippen LogP contribution in [0.5, 0.6) is 5.75 Å². The van der Waals surface area contributed by atoms with Crippen molar-refractivity contribution in [2.75, 3.05) is 24.3 Å². The molecule has 142 valence electrons. The highest BCUT2D eigenvalue weighted by Crippen LogP contribution is 2.32.